The van der Waals surface area contributed by atoms with Crippen molar-refractivity contribution in [3.05, 3.63) is 30.3 Å². The van der Waals surface area contributed by atoms with Crippen LogP contribution < -0.4 is 4.74 Å². The first kappa shape index (κ1) is 19.2. The first-order chi connectivity index (χ1) is 12.7. The van der Waals surface area contributed by atoms with Gasteiger partial charge in [0.1, 0.15) is 5.75 Å². The van der Waals surface area contributed by atoms with Crippen molar-refractivity contribution in [1.82, 2.24) is 4.90 Å². The first-order valence-electron chi connectivity index (χ1n) is 9.90. The normalized spacial score (nSPS) is 25.0. The molecule has 0 N–H and O–H groups in total. The van der Waals surface area contributed by atoms with Crippen LogP contribution in [0.25, 0.3) is 0 Å². The van der Waals surface area contributed by atoms with Gasteiger partial charge >= 0.3 is 5.97 Å². The van der Waals surface area contributed by atoms with Crippen LogP contribution in [0.4, 0.5) is 0 Å². The Balaban J connectivity index is 1.65. The van der Waals surface area contributed by atoms with Crippen LogP contribution >= 0.6 is 0 Å². The molecule has 2 fully saturated rings. The molecule has 0 amide bonds. The third kappa shape index (κ3) is 4.77. The third-order valence-corrected chi connectivity index (χ3v) is 5.61. The predicted octanol–water partition coefficient (Wildman–Crippen LogP) is 3.28. The van der Waals surface area contributed by atoms with E-state index in [1.54, 1.807) is 0 Å². The quantitative estimate of drug-likeness (QED) is 0.698. The Bertz CT molecular complexity index is 558. The van der Waals surface area contributed by atoms with Crippen molar-refractivity contribution in [3.63, 3.8) is 0 Å². The molecule has 0 spiro atoms. The number of ether oxygens (including phenoxy) is 3. The van der Waals surface area contributed by atoms with Crippen molar-refractivity contribution >= 4 is 5.97 Å². The fourth-order valence-electron chi connectivity index (χ4n) is 4.17. The summed E-state index contributed by atoms with van der Waals surface area (Å²) in [6.45, 7) is 6.32. The van der Waals surface area contributed by atoms with E-state index < -0.39 is 5.41 Å². The fraction of sp³-hybridized carbons (Fsp3) is 0.667. The molecule has 2 aliphatic rings. The summed E-state index contributed by atoms with van der Waals surface area (Å²) in [5, 5.41) is 0. The van der Waals surface area contributed by atoms with Gasteiger partial charge in [0.25, 0.3) is 0 Å². The number of nitrogens with zero attached hydrogens (tertiary/aromatic N) is 1. The lowest BCUT2D eigenvalue weighted by Gasteiger charge is -2.45. The third-order valence-electron chi connectivity index (χ3n) is 5.61. The van der Waals surface area contributed by atoms with E-state index in [9.17, 15) is 4.79 Å². The summed E-state index contributed by atoms with van der Waals surface area (Å²) in [6, 6.07) is 10.3. The monoisotopic (exact) mass is 361 g/mol. The summed E-state index contributed by atoms with van der Waals surface area (Å²) in [7, 11) is 0. The largest absolute Gasteiger partial charge is 0.494 e. The molecule has 3 rings (SSSR count). The van der Waals surface area contributed by atoms with Gasteiger partial charge in [-0.25, -0.2) is 0 Å². The van der Waals surface area contributed by atoms with E-state index >= 15 is 0 Å². The zero-order chi connectivity index (χ0) is 18.2. The Morgan fingerprint density at radius 2 is 2.04 bits per heavy atom. The van der Waals surface area contributed by atoms with Crippen molar-refractivity contribution in [3.8, 4) is 5.75 Å². The number of rotatable bonds is 7. The average molecular weight is 361 g/mol. The fourth-order valence-corrected chi connectivity index (χ4v) is 4.17. The molecule has 2 saturated heterocycles. The maximum absolute atomic E-state index is 12.9. The molecule has 2 aliphatic heterocycles. The zero-order valence-electron chi connectivity index (χ0n) is 15.8. The van der Waals surface area contributed by atoms with Crippen LogP contribution in [0.15, 0.2) is 30.3 Å². The maximum Gasteiger partial charge on any atom is 0.313 e. The topological polar surface area (TPSA) is 48.0 Å². The van der Waals surface area contributed by atoms with Gasteiger partial charge in [0.05, 0.1) is 18.6 Å². The van der Waals surface area contributed by atoms with Crippen LogP contribution in [0, 0.1) is 5.41 Å². The average Bonchev–Trinajstić information content (AvgIpc) is 2.70. The van der Waals surface area contributed by atoms with Gasteiger partial charge in [-0.05, 0) is 57.7 Å². The smallest absolute Gasteiger partial charge is 0.313 e. The van der Waals surface area contributed by atoms with Crippen LogP contribution in [0.5, 0.6) is 5.75 Å². The van der Waals surface area contributed by atoms with Gasteiger partial charge in [0.2, 0.25) is 0 Å². The maximum atomic E-state index is 12.9. The van der Waals surface area contributed by atoms with Gasteiger partial charge in [0.15, 0.2) is 0 Å². The standard InChI is InChI=1S/C21H31NO4/c1-2-25-20(23)21(12-16-26-19-7-4-3-5-8-19)11-6-13-22(17-21)18-9-14-24-15-10-18/h3-5,7-8,18H,2,6,9-17H2,1H3. The lowest BCUT2D eigenvalue weighted by atomic mass is 9.76. The number of piperidine rings is 1. The Labute approximate surface area is 156 Å². The predicted molar refractivity (Wildman–Crippen MR) is 100 cm³/mol. The molecule has 1 aromatic carbocycles. The highest BCUT2D eigenvalue weighted by molar-refractivity contribution is 5.77. The Hall–Kier alpha value is -1.59. The molecule has 2 heterocycles. The molecule has 1 atom stereocenters. The minimum absolute atomic E-state index is 0.0616. The van der Waals surface area contributed by atoms with Gasteiger partial charge in [-0.3, -0.25) is 9.69 Å². The SMILES string of the molecule is CCOC(=O)C1(CCOc2ccccc2)CCCN(C2CCOCC2)C1. The number of likely N-dealkylation sites (tertiary alicyclic amines) is 1. The van der Waals surface area contributed by atoms with Crippen molar-refractivity contribution in [2.75, 3.05) is 39.5 Å². The van der Waals surface area contributed by atoms with E-state index in [1.807, 2.05) is 37.3 Å². The van der Waals surface area contributed by atoms with Crippen molar-refractivity contribution < 1.29 is 19.0 Å². The number of benzene rings is 1. The Morgan fingerprint density at radius 3 is 2.77 bits per heavy atom. The van der Waals surface area contributed by atoms with Crippen molar-refractivity contribution in [2.24, 2.45) is 5.41 Å². The Kier molecular flexibility index (Phi) is 6.92. The van der Waals surface area contributed by atoms with Gasteiger partial charge in [0, 0.05) is 25.8 Å². The van der Waals surface area contributed by atoms with Crippen LogP contribution in [-0.2, 0) is 14.3 Å². The molecular formula is C21H31NO4. The molecule has 26 heavy (non-hydrogen) atoms. The summed E-state index contributed by atoms with van der Waals surface area (Å²) in [6.07, 6.45) is 4.71. The van der Waals surface area contributed by atoms with Crippen LogP contribution in [0.2, 0.25) is 0 Å². The van der Waals surface area contributed by atoms with E-state index in [2.05, 4.69) is 4.90 Å². The zero-order valence-corrected chi connectivity index (χ0v) is 15.8. The number of hydrogen-bond donors (Lipinski definition) is 0. The lowest BCUT2D eigenvalue weighted by Crippen LogP contribution is -2.53. The molecule has 144 valence electrons. The number of hydrogen-bond acceptors (Lipinski definition) is 5. The Morgan fingerprint density at radius 1 is 1.27 bits per heavy atom. The van der Waals surface area contributed by atoms with Crippen LogP contribution in [-0.4, -0.2) is 56.4 Å². The van der Waals surface area contributed by atoms with E-state index in [0.717, 1.165) is 57.7 Å². The lowest BCUT2D eigenvalue weighted by molar-refractivity contribution is -0.161. The van der Waals surface area contributed by atoms with Crippen molar-refractivity contribution in [2.45, 2.75) is 45.1 Å². The molecule has 1 aromatic rings. The first-order valence-corrected chi connectivity index (χ1v) is 9.90. The minimum Gasteiger partial charge on any atom is -0.494 e. The van der Waals surface area contributed by atoms with Gasteiger partial charge in [-0.15, -0.1) is 0 Å². The van der Waals surface area contributed by atoms with Gasteiger partial charge in [-0.1, -0.05) is 18.2 Å². The minimum atomic E-state index is -0.457. The van der Waals surface area contributed by atoms with Crippen LogP contribution in [0.1, 0.15) is 39.0 Å². The van der Waals surface area contributed by atoms with E-state index in [4.69, 9.17) is 14.2 Å². The number of carbonyl (C=O) groups excluding carboxylic acids is 1. The number of esters is 1. The molecule has 1 unspecified atom stereocenters. The summed E-state index contributed by atoms with van der Waals surface area (Å²) >= 11 is 0. The molecule has 0 radical (unpaired) electrons. The molecule has 5 heteroatoms. The second kappa shape index (κ2) is 9.38. The summed E-state index contributed by atoms with van der Waals surface area (Å²) < 4.78 is 16.9. The summed E-state index contributed by atoms with van der Waals surface area (Å²) in [5.74, 6) is 0.789. The molecule has 0 saturated carbocycles. The van der Waals surface area contributed by atoms with E-state index in [-0.39, 0.29) is 5.97 Å². The van der Waals surface area contributed by atoms with Crippen molar-refractivity contribution in [1.29, 1.82) is 0 Å². The highest BCUT2D eigenvalue weighted by Crippen LogP contribution is 2.37. The molecule has 5 nitrogen and oxygen atoms in total. The van der Waals surface area contributed by atoms with E-state index in [0.29, 0.717) is 25.7 Å². The van der Waals surface area contributed by atoms with Gasteiger partial charge < -0.3 is 14.2 Å². The molecular weight excluding hydrogens is 330 g/mol. The van der Waals surface area contributed by atoms with Gasteiger partial charge in [-0.2, -0.15) is 0 Å². The number of carbonyl (C=O) groups is 1. The molecule has 0 bridgehead atoms. The van der Waals surface area contributed by atoms with Crippen LogP contribution in [0.3, 0.4) is 0 Å². The second-order valence-corrected chi connectivity index (χ2v) is 7.33. The molecule has 0 aromatic heterocycles. The highest BCUT2D eigenvalue weighted by atomic mass is 16.5. The molecule has 0 aliphatic carbocycles. The second-order valence-electron chi connectivity index (χ2n) is 7.33. The number of para-hydroxylation sites is 1. The summed E-state index contributed by atoms with van der Waals surface area (Å²) in [4.78, 5) is 15.4. The van der Waals surface area contributed by atoms with E-state index in [1.165, 1.54) is 0 Å². The summed E-state index contributed by atoms with van der Waals surface area (Å²) in [5.41, 5.74) is -0.457. The highest BCUT2D eigenvalue weighted by Gasteiger charge is 2.44.